The van der Waals surface area contributed by atoms with E-state index in [2.05, 4.69) is 15.9 Å². The molecule has 1 atom stereocenters. The number of methoxy groups -OCH3 is 1. The van der Waals surface area contributed by atoms with Gasteiger partial charge in [0.15, 0.2) is 0 Å². The van der Waals surface area contributed by atoms with Crippen molar-refractivity contribution in [2.75, 3.05) is 7.11 Å². The summed E-state index contributed by atoms with van der Waals surface area (Å²) in [4.78, 5) is 0. The van der Waals surface area contributed by atoms with Gasteiger partial charge in [0.25, 0.3) is 0 Å². The van der Waals surface area contributed by atoms with Crippen molar-refractivity contribution in [2.24, 2.45) is 0 Å². The molecular formula is C15H13BrF2O2. The molecule has 0 heterocycles. The molecule has 1 unspecified atom stereocenters. The van der Waals surface area contributed by atoms with E-state index in [0.717, 1.165) is 6.07 Å². The van der Waals surface area contributed by atoms with Crippen molar-refractivity contribution in [2.45, 2.75) is 12.5 Å². The fraction of sp³-hybridized carbons (Fsp3) is 0.200. The Morgan fingerprint density at radius 3 is 2.55 bits per heavy atom. The van der Waals surface area contributed by atoms with Crippen LogP contribution in [-0.2, 0) is 6.42 Å². The normalized spacial score (nSPS) is 12.2. The molecule has 2 aromatic carbocycles. The maximum Gasteiger partial charge on any atom is 0.133 e. The quantitative estimate of drug-likeness (QED) is 0.909. The summed E-state index contributed by atoms with van der Waals surface area (Å²) in [5.41, 5.74) is 0.896. The van der Waals surface area contributed by atoms with E-state index in [1.807, 2.05) is 0 Å². The molecule has 0 aliphatic rings. The summed E-state index contributed by atoms with van der Waals surface area (Å²) in [5, 5.41) is 10.1. The minimum Gasteiger partial charge on any atom is -0.496 e. The fourth-order valence-corrected chi connectivity index (χ4v) is 2.46. The van der Waals surface area contributed by atoms with Crippen LogP contribution in [0.4, 0.5) is 8.78 Å². The zero-order valence-corrected chi connectivity index (χ0v) is 12.3. The minimum atomic E-state index is -0.878. The van der Waals surface area contributed by atoms with Crippen molar-refractivity contribution in [3.8, 4) is 5.75 Å². The average Bonchev–Trinajstić information content (AvgIpc) is 2.41. The van der Waals surface area contributed by atoms with Crippen molar-refractivity contribution in [1.29, 1.82) is 0 Å². The number of rotatable bonds is 4. The third-order valence-corrected chi connectivity index (χ3v) is 3.61. The second-order valence-electron chi connectivity index (χ2n) is 4.35. The molecule has 0 amide bonds. The Morgan fingerprint density at radius 1 is 1.20 bits per heavy atom. The van der Waals surface area contributed by atoms with Gasteiger partial charge in [-0.1, -0.05) is 12.1 Å². The Morgan fingerprint density at radius 2 is 1.95 bits per heavy atom. The van der Waals surface area contributed by atoms with Gasteiger partial charge >= 0.3 is 0 Å². The molecule has 1 N–H and O–H groups in total. The Bertz CT molecular complexity index is 617. The monoisotopic (exact) mass is 342 g/mol. The molecule has 0 bridgehead atoms. The van der Waals surface area contributed by atoms with E-state index in [4.69, 9.17) is 4.74 Å². The summed E-state index contributed by atoms with van der Waals surface area (Å²) in [7, 11) is 1.55. The number of halogens is 3. The van der Waals surface area contributed by atoms with E-state index in [1.165, 1.54) is 12.1 Å². The first-order valence-electron chi connectivity index (χ1n) is 5.96. The highest BCUT2D eigenvalue weighted by atomic mass is 79.9. The summed E-state index contributed by atoms with van der Waals surface area (Å²) < 4.78 is 32.2. The first kappa shape index (κ1) is 14.9. The first-order valence-corrected chi connectivity index (χ1v) is 6.76. The number of hydrogen-bond donors (Lipinski definition) is 1. The van der Waals surface area contributed by atoms with Crippen molar-refractivity contribution < 1.29 is 18.6 Å². The molecule has 2 rings (SSSR count). The van der Waals surface area contributed by atoms with Crippen LogP contribution in [0.15, 0.2) is 40.9 Å². The molecule has 0 aromatic heterocycles. The predicted octanol–water partition coefficient (Wildman–Crippen LogP) is 4.01. The zero-order chi connectivity index (χ0) is 14.7. The lowest BCUT2D eigenvalue weighted by Gasteiger charge is -2.13. The first-order chi connectivity index (χ1) is 9.51. The maximum atomic E-state index is 13.5. The van der Waals surface area contributed by atoms with Crippen molar-refractivity contribution >= 4 is 15.9 Å². The molecule has 20 heavy (non-hydrogen) atoms. The third-order valence-electron chi connectivity index (χ3n) is 2.99. The summed E-state index contributed by atoms with van der Waals surface area (Å²) >= 11 is 3.33. The van der Waals surface area contributed by atoms with E-state index in [9.17, 15) is 13.9 Å². The fourth-order valence-electron chi connectivity index (χ4n) is 1.90. The van der Waals surface area contributed by atoms with Crippen LogP contribution >= 0.6 is 15.9 Å². The number of hydrogen-bond acceptors (Lipinski definition) is 2. The smallest absolute Gasteiger partial charge is 0.133 e. The van der Waals surface area contributed by atoms with Crippen LogP contribution in [0.5, 0.6) is 5.75 Å². The van der Waals surface area contributed by atoms with Crippen LogP contribution < -0.4 is 4.74 Å². The van der Waals surface area contributed by atoms with Gasteiger partial charge in [0, 0.05) is 12.5 Å². The molecular weight excluding hydrogens is 330 g/mol. The van der Waals surface area contributed by atoms with Crippen LogP contribution in [-0.4, -0.2) is 12.2 Å². The van der Waals surface area contributed by atoms with E-state index in [1.54, 1.807) is 25.3 Å². The number of ether oxygens (including phenoxy) is 1. The molecule has 0 spiro atoms. The lowest BCUT2D eigenvalue weighted by molar-refractivity contribution is 0.177. The topological polar surface area (TPSA) is 29.5 Å². The Balaban J connectivity index is 2.19. The van der Waals surface area contributed by atoms with Gasteiger partial charge in [-0.25, -0.2) is 8.78 Å². The molecule has 0 aliphatic heterocycles. The lowest BCUT2D eigenvalue weighted by Crippen LogP contribution is -2.04. The molecule has 2 nitrogen and oxygen atoms in total. The Hall–Kier alpha value is -1.46. The molecule has 0 fully saturated rings. The number of aliphatic hydroxyl groups excluding tert-OH is 1. The largest absolute Gasteiger partial charge is 0.496 e. The molecule has 2 aromatic rings. The highest BCUT2D eigenvalue weighted by Gasteiger charge is 2.14. The molecule has 5 heteroatoms. The molecule has 0 aliphatic carbocycles. The second kappa shape index (κ2) is 6.33. The van der Waals surface area contributed by atoms with Gasteiger partial charge in [0.2, 0.25) is 0 Å². The van der Waals surface area contributed by atoms with Crippen LogP contribution in [0, 0.1) is 11.6 Å². The molecule has 0 saturated carbocycles. The maximum absolute atomic E-state index is 13.5. The minimum absolute atomic E-state index is 0.0743. The summed E-state index contributed by atoms with van der Waals surface area (Å²) in [6, 6.07) is 8.46. The van der Waals surface area contributed by atoms with E-state index < -0.39 is 17.7 Å². The highest BCUT2D eigenvalue weighted by molar-refractivity contribution is 9.10. The van der Waals surface area contributed by atoms with E-state index in [-0.39, 0.29) is 12.0 Å². The van der Waals surface area contributed by atoms with E-state index >= 15 is 0 Å². The van der Waals surface area contributed by atoms with Crippen LogP contribution in [0.3, 0.4) is 0 Å². The van der Waals surface area contributed by atoms with Crippen LogP contribution in [0.25, 0.3) is 0 Å². The SMILES string of the molecule is COc1ccc(C(O)Cc2ccc(F)cc2F)cc1Br. The van der Waals surface area contributed by atoms with Crippen molar-refractivity contribution in [3.63, 3.8) is 0 Å². The predicted molar refractivity (Wildman–Crippen MR) is 75.7 cm³/mol. The third kappa shape index (κ3) is 3.35. The van der Waals surface area contributed by atoms with Crippen molar-refractivity contribution in [1.82, 2.24) is 0 Å². The van der Waals surface area contributed by atoms with Crippen molar-refractivity contribution in [3.05, 3.63) is 63.6 Å². The van der Waals surface area contributed by atoms with Crippen LogP contribution in [0.2, 0.25) is 0 Å². The van der Waals surface area contributed by atoms with Gasteiger partial charge in [0.1, 0.15) is 17.4 Å². The standard InChI is InChI=1S/C15H13BrF2O2/c1-20-15-5-3-10(6-12(15)16)14(19)7-9-2-4-11(17)8-13(9)18/h2-6,8,14,19H,7H2,1H3. The highest BCUT2D eigenvalue weighted by Crippen LogP contribution is 2.29. The summed E-state index contributed by atoms with van der Waals surface area (Å²) in [5.74, 6) is -0.640. The van der Waals surface area contributed by atoms with Gasteiger partial charge in [-0.05, 0) is 45.3 Å². The average molecular weight is 343 g/mol. The van der Waals surface area contributed by atoms with Gasteiger partial charge in [-0.2, -0.15) is 0 Å². The van der Waals surface area contributed by atoms with Gasteiger partial charge < -0.3 is 9.84 Å². The zero-order valence-electron chi connectivity index (χ0n) is 10.7. The Kier molecular flexibility index (Phi) is 4.73. The molecule has 106 valence electrons. The summed E-state index contributed by atoms with van der Waals surface area (Å²) in [6.07, 6.45) is -0.803. The van der Waals surface area contributed by atoms with Gasteiger partial charge in [-0.3, -0.25) is 0 Å². The van der Waals surface area contributed by atoms with Gasteiger partial charge in [0.05, 0.1) is 17.7 Å². The Labute approximate surface area is 124 Å². The molecule has 0 radical (unpaired) electrons. The second-order valence-corrected chi connectivity index (χ2v) is 5.20. The van der Waals surface area contributed by atoms with E-state index in [0.29, 0.717) is 15.8 Å². The van der Waals surface area contributed by atoms with Crippen LogP contribution in [0.1, 0.15) is 17.2 Å². The summed E-state index contributed by atoms with van der Waals surface area (Å²) in [6.45, 7) is 0. The van der Waals surface area contributed by atoms with Gasteiger partial charge in [-0.15, -0.1) is 0 Å². The number of aliphatic hydroxyl groups is 1. The lowest BCUT2D eigenvalue weighted by atomic mass is 10.0. The number of benzene rings is 2. The molecule has 0 saturated heterocycles.